The molecular formula is C9H19N3P+. The third-order valence-electron chi connectivity index (χ3n) is 1.87. The Labute approximate surface area is 80.9 Å². The van der Waals surface area contributed by atoms with E-state index in [2.05, 4.69) is 55.5 Å². The van der Waals surface area contributed by atoms with Crippen molar-refractivity contribution in [3.63, 3.8) is 0 Å². The lowest BCUT2D eigenvalue weighted by Crippen LogP contribution is -2.18. The number of aromatic nitrogens is 3. The largest absolute Gasteiger partial charge is 0.135 e. The summed E-state index contributed by atoms with van der Waals surface area (Å²) in [6.45, 7) is 13.3. The summed E-state index contributed by atoms with van der Waals surface area (Å²) in [6.07, 6.45) is 1.88. The van der Waals surface area contributed by atoms with Crippen LogP contribution in [0.15, 0.2) is 6.20 Å². The molecule has 0 spiro atoms. The van der Waals surface area contributed by atoms with Crippen LogP contribution in [-0.2, 0) is 5.41 Å². The Morgan fingerprint density at radius 1 is 1.23 bits per heavy atom. The second-order valence-corrected chi connectivity index (χ2v) is 9.46. The van der Waals surface area contributed by atoms with Crippen LogP contribution < -0.4 is 0 Å². The average molecular weight is 200 g/mol. The van der Waals surface area contributed by atoms with Crippen molar-refractivity contribution in [3.8, 4) is 0 Å². The maximum absolute atomic E-state index is 4.17. The molecule has 0 aliphatic heterocycles. The van der Waals surface area contributed by atoms with E-state index in [0.29, 0.717) is 0 Å². The molecule has 0 bridgehead atoms. The molecule has 0 aliphatic carbocycles. The highest BCUT2D eigenvalue weighted by molar-refractivity contribution is 7.72. The van der Waals surface area contributed by atoms with Gasteiger partial charge in [-0.05, 0) is 5.21 Å². The van der Waals surface area contributed by atoms with Gasteiger partial charge in [-0.2, -0.15) is 0 Å². The first-order chi connectivity index (χ1) is 5.73. The highest BCUT2D eigenvalue weighted by Gasteiger charge is 2.30. The summed E-state index contributed by atoms with van der Waals surface area (Å²) < 4.78 is 2.10. The van der Waals surface area contributed by atoms with Crippen LogP contribution >= 0.6 is 7.41 Å². The summed E-state index contributed by atoms with van der Waals surface area (Å²) in [5.74, 6) is 0. The minimum absolute atomic E-state index is 0.136. The quantitative estimate of drug-likeness (QED) is 0.651. The van der Waals surface area contributed by atoms with Crippen molar-refractivity contribution in [3.05, 3.63) is 11.9 Å². The zero-order chi connectivity index (χ0) is 10.3. The van der Waals surface area contributed by atoms with E-state index in [1.807, 2.05) is 6.20 Å². The summed E-state index contributed by atoms with van der Waals surface area (Å²) in [4.78, 5) is 0. The normalized spacial score (nSPS) is 13.4. The van der Waals surface area contributed by atoms with E-state index in [0.717, 1.165) is 0 Å². The predicted octanol–water partition coefficient (Wildman–Crippen LogP) is 2.25. The zero-order valence-corrected chi connectivity index (χ0v) is 10.3. The molecule has 0 saturated heterocycles. The first-order valence-electron chi connectivity index (χ1n) is 4.46. The Balaban J connectivity index is 3.19. The van der Waals surface area contributed by atoms with Gasteiger partial charge in [0.25, 0.3) is 0 Å². The minimum atomic E-state index is -1.11. The van der Waals surface area contributed by atoms with Gasteiger partial charge in [-0.25, -0.2) is 0 Å². The average Bonchev–Trinajstić information content (AvgIpc) is 2.27. The van der Waals surface area contributed by atoms with Gasteiger partial charge in [-0.15, -0.1) is 9.55 Å². The van der Waals surface area contributed by atoms with Crippen LogP contribution in [0.25, 0.3) is 0 Å². The molecule has 1 aromatic rings. The van der Waals surface area contributed by atoms with Gasteiger partial charge in [0.2, 0.25) is 0 Å². The van der Waals surface area contributed by atoms with E-state index < -0.39 is 7.41 Å². The maximum Gasteiger partial charge on any atom is 0.124 e. The van der Waals surface area contributed by atoms with Crippen molar-refractivity contribution in [2.24, 2.45) is 0 Å². The smallest absolute Gasteiger partial charge is 0.124 e. The summed E-state index contributed by atoms with van der Waals surface area (Å²) in [5, 5.41) is 8.17. The number of hydrogen-bond acceptors (Lipinski definition) is 2. The van der Waals surface area contributed by atoms with Crippen LogP contribution in [0, 0.1) is 0 Å². The molecule has 0 radical (unpaired) electrons. The van der Waals surface area contributed by atoms with Crippen LogP contribution in [0.4, 0.5) is 0 Å². The van der Waals surface area contributed by atoms with E-state index in [-0.39, 0.29) is 5.41 Å². The SMILES string of the molecule is CC(C)(C)c1cnnn1[P+](C)(C)C. The molecule has 4 heteroatoms. The minimum Gasteiger partial charge on any atom is -0.135 e. The molecule has 74 valence electrons. The molecule has 0 saturated carbocycles. The summed E-state index contributed by atoms with van der Waals surface area (Å²) in [7, 11) is -1.11. The van der Waals surface area contributed by atoms with Crippen molar-refractivity contribution in [2.45, 2.75) is 26.2 Å². The van der Waals surface area contributed by atoms with Crippen molar-refractivity contribution >= 4 is 7.41 Å². The maximum atomic E-state index is 4.17. The van der Waals surface area contributed by atoms with Gasteiger partial charge >= 0.3 is 0 Å². The van der Waals surface area contributed by atoms with Gasteiger partial charge in [0, 0.05) is 5.41 Å². The second-order valence-electron chi connectivity index (χ2n) is 5.20. The van der Waals surface area contributed by atoms with Gasteiger partial charge in [-0.3, -0.25) is 0 Å². The van der Waals surface area contributed by atoms with E-state index >= 15 is 0 Å². The lowest BCUT2D eigenvalue weighted by Gasteiger charge is -2.21. The monoisotopic (exact) mass is 200 g/mol. The van der Waals surface area contributed by atoms with Crippen LogP contribution in [-0.4, -0.2) is 34.8 Å². The van der Waals surface area contributed by atoms with Gasteiger partial charge in [0.05, 0.1) is 26.2 Å². The van der Waals surface area contributed by atoms with Gasteiger partial charge in [0.15, 0.2) is 0 Å². The Morgan fingerprint density at radius 2 is 1.77 bits per heavy atom. The molecule has 0 aliphatic rings. The van der Waals surface area contributed by atoms with Crippen LogP contribution in [0.2, 0.25) is 0 Å². The van der Waals surface area contributed by atoms with Gasteiger partial charge in [0.1, 0.15) is 13.1 Å². The van der Waals surface area contributed by atoms with E-state index in [1.165, 1.54) is 5.69 Å². The van der Waals surface area contributed by atoms with Crippen molar-refractivity contribution in [1.82, 2.24) is 14.8 Å². The summed E-state index contributed by atoms with van der Waals surface area (Å²) in [5.41, 5.74) is 1.37. The Hall–Kier alpha value is -0.430. The van der Waals surface area contributed by atoms with Crippen LogP contribution in [0.1, 0.15) is 26.5 Å². The standard InChI is InChI=1S/C9H19N3P/c1-9(2,3)8-7-10-11-12(8)13(4,5)6/h7H,1-6H3/q+1. The summed E-state index contributed by atoms with van der Waals surface area (Å²) >= 11 is 0. The fourth-order valence-corrected chi connectivity index (χ4v) is 2.45. The molecular weight excluding hydrogens is 181 g/mol. The fraction of sp³-hybridized carbons (Fsp3) is 0.778. The first-order valence-corrected chi connectivity index (χ1v) is 7.55. The Bertz CT molecular complexity index is 262. The van der Waals surface area contributed by atoms with Gasteiger partial charge in [-0.1, -0.05) is 20.8 Å². The fourth-order valence-electron chi connectivity index (χ4n) is 1.17. The Morgan fingerprint density at radius 3 is 2.08 bits per heavy atom. The lowest BCUT2D eigenvalue weighted by atomic mass is 9.93. The molecule has 0 N–H and O–H groups in total. The molecule has 0 fully saturated rings. The lowest BCUT2D eigenvalue weighted by molar-refractivity contribution is 0.555. The number of rotatable bonds is 1. The van der Waals surface area contributed by atoms with Crippen LogP contribution in [0.5, 0.6) is 0 Å². The molecule has 0 amide bonds. The molecule has 1 aromatic heterocycles. The third-order valence-corrected chi connectivity index (χ3v) is 3.30. The molecule has 1 rings (SSSR count). The Kier molecular flexibility index (Phi) is 2.50. The van der Waals surface area contributed by atoms with E-state index in [4.69, 9.17) is 0 Å². The molecule has 0 aromatic carbocycles. The topological polar surface area (TPSA) is 30.7 Å². The third kappa shape index (κ3) is 2.28. The molecule has 0 atom stereocenters. The van der Waals surface area contributed by atoms with Crippen molar-refractivity contribution < 1.29 is 0 Å². The molecule has 13 heavy (non-hydrogen) atoms. The van der Waals surface area contributed by atoms with Crippen molar-refractivity contribution in [2.75, 3.05) is 20.0 Å². The van der Waals surface area contributed by atoms with Gasteiger partial charge < -0.3 is 0 Å². The number of hydrogen-bond donors (Lipinski definition) is 0. The van der Waals surface area contributed by atoms with Crippen molar-refractivity contribution in [1.29, 1.82) is 0 Å². The molecule has 1 heterocycles. The van der Waals surface area contributed by atoms with E-state index in [1.54, 1.807) is 0 Å². The highest BCUT2D eigenvalue weighted by Crippen LogP contribution is 2.49. The summed E-state index contributed by atoms with van der Waals surface area (Å²) in [6, 6.07) is 0. The zero-order valence-electron chi connectivity index (χ0n) is 9.37. The highest BCUT2D eigenvalue weighted by atomic mass is 31.2. The number of nitrogens with zero attached hydrogens (tertiary/aromatic N) is 3. The molecule has 0 unspecified atom stereocenters. The second kappa shape index (κ2) is 3.06. The first kappa shape index (κ1) is 10.6. The van der Waals surface area contributed by atoms with E-state index in [9.17, 15) is 0 Å². The van der Waals surface area contributed by atoms with Crippen LogP contribution in [0.3, 0.4) is 0 Å². The predicted molar refractivity (Wildman–Crippen MR) is 58.8 cm³/mol. The molecule has 3 nitrogen and oxygen atoms in total.